The van der Waals surface area contributed by atoms with Gasteiger partial charge >= 0.3 is 11.9 Å². The molecule has 1 aliphatic heterocycles. The fourth-order valence-electron chi connectivity index (χ4n) is 16.4. The second kappa shape index (κ2) is 13.4. The Morgan fingerprint density at radius 1 is 0.768 bits per heavy atom. The van der Waals surface area contributed by atoms with E-state index in [1.54, 1.807) is 0 Å². The van der Waals surface area contributed by atoms with Crippen molar-refractivity contribution in [1.29, 1.82) is 0 Å². The third-order valence-corrected chi connectivity index (χ3v) is 22.1. The Bertz CT molecular complexity index is 1680. The Morgan fingerprint density at radius 3 is 2.05 bits per heavy atom. The maximum atomic E-state index is 13.7. The standard InChI is InChI=1S/C46H76N2O7S/c1-28(49)33(48-22-24-56(53,54)25-23-48)27-47-46-17-12-29(42(6)18-19-42)37(46)30-10-11-35-43(7)15-14-36(55-39(52)32-26-31(38(50)51)40(32,2)3)41(4,5)34(43)13-16-45(35,9)44(30,8)20-21-46/h28-37,47,49H,10-27H2,1-9H3,(H,50,51)/t28-,29-,30-,31-,32+,33+,34+,35-,36+,37-,43+,44-,45-,46+/m1/s1. The lowest BCUT2D eigenvalue weighted by atomic mass is 9.32. The number of rotatable bonds is 9. The van der Waals surface area contributed by atoms with Crippen LogP contribution in [-0.2, 0) is 24.2 Å². The predicted molar refractivity (Wildman–Crippen MR) is 218 cm³/mol. The molecule has 14 atom stereocenters. The fraction of sp³-hybridized carbons (Fsp3) is 0.957. The molecule has 0 aromatic carbocycles. The third kappa shape index (κ3) is 6.06. The van der Waals surface area contributed by atoms with Crippen LogP contribution in [0.4, 0.5) is 0 Å². The molecule has 0 amide bonds. The molecule has 8 fully saturated rings. The number of aliphatic hydroxyl groups excluding tert-OH is 1. The number of aliphatic hydroxyl groups is 1. The molecule has 7 saturated carbocycles. The molecule has 56 heavy (non-hydrogen) atoms. The number of carboxylic acid groups (broad SMARTS) is 1. The first-order valence-corrected chi connectivity index (χ1v) is 24.6. The molecule has 0 aromatic rings. The van der Waals surface area contributed by atoms with E-state index in [-0.39, 0.29) is 62.7 Å². The summed E-state index contributed by atoms with van der Waals surface area (Å²) in [5.41, 5.74) is 0.343. The van der Waals surface area contributed by atoms with Crippen LogP contribution in [0.3, 0.4) is 0 Å². The highest BCUT2D eigenvalue weighted by Gasteiger charge is 2.72. The van der Waals surface area contributed by atoms with Gasteiger partial charge in [0.2, 0.25) is 0 Å². The molecule has 10 heteroatoms. The van der Waals surface area contributed by atoms with Crippen molar-refractivity contribution in [2.75, 3.05) is 31.1 Å². The number of carboxylic acids is 1. The molecule has 8 rings (SSSR count). The van der Waals surface area contributed by atoms with Crippen molar-refractivity contribution in [2.24, 2.45) is 73.9 Å². The van der Waals surface area contributed by atoms with E-state index < -0.39 is 33.2 Å². The summed E-state index contributed by atoms with van der Waals surface area (Å²) in [5, 5.41) is 25.0. The molecule has 0 radical (unpaired) electrons. The van der Waals surface area contributed by atoms with Crippen LogP contribution in [0.25, 0.3) is 0 Å². The van der Waals surface area contributed by atoms with E-state index in [2.05, 4.69) is 51.8 Å². The number of carbonyl (C=O) groups is 2. The summed E-state index contributed by atoms with van der Waals surface area (Å²) >= 11 is 0. The van der Waals surface area contributed by atoms with Crippen molar-refractivity contribution in [1.82, 2.24) is 10.2 Å². The summed E-state index contributed by atoms with van der Waals surface area (Å²) < 4.78 is 31.0. The average molecular weight is 801 g/mol. The number of carbonyl (C=O) groups excluding carboxylic acids is 1. The smallest absolute Gasteiger partial charge is 0.309 e. The van der Waals surface area contributed by atoms with Crippen molar-refractivity contribution >= 4 is 21.8 Å². The Hall–Kier alpha value is -1.23. The number of sulfone groups is 1. The molecular formula is C46H76N2O7S. The number of ether oxygens (including phenoxy) is 1. The number of nitrogens with one attached hydrogen (secondary N) is 1. The zero-order valence-electron chi connectivity index (χ0n) is 36.3. The zero-order chi connectivity index (χ0) is 40.6. The summed E-state index contributed by atoms with van der Waals surface area (Å²) in [5.74, 6) is 1.54. The monoisotopic (exact) mass is 801 g/mol. The summed E-state index contributed by atoms with van der Waals surface area (Å²) in [7, 11) is -2.99. The number of hydrogen-bond acceptors (Lipinski definition) is 8. The molecule has 8 aliphatic rings. The van der Waals surface area contributed by atoms with Gasteiger partial charge in [0.05, 0.1) is 29.4 Å². The maximum Gasteiger partial charge on any atom is 0.309 e. The van der Waals surface area contributed by atoms with Crippen LogP contribution in [0.1, 0.15) is 146 Å². The minimum atomic E-state index is -2.99. The fourth-order valence-corrected chi connectivity index (χ4v) is 17.6. The number of fused-ring (bicyclic) bond motifs is 7. The highest BCUT2D eigenvalue weighted by Crippen LogP contribution is 2.78. The van der Waals surface area contributed by atoms with Crippen molar-refractivity contribution in [3.8, 4) is 0 Å². The minimum Gasteiger partial charge on any atom is -0.481 e. The Kier molecular flexibility index (Phi) is 9.92. The minimum absolute atomic E-state index is 0.0587. The second-order valence-corrected chi connectivity index (χ2v) is 25.6. The zero-order valence-corrected chi connectivity index (χ0v) is 37.1. The van der Waals surface area contributed by atoms with Gasteiger partial charge in [-0.1, -0.05) is 55.4 Å². The van der Waals surface area contributed by atoms with Gasteiger partial charge in [-0.3, -0.25) is 14.5 Å². The van der Waals surface area contributed by atoms with Gasteiger partial charge in [-0.25, -0.2) is 8.42 Å². The first kappa shape index (κ1) is 41.5. The van der Waals surface area contributed by atoms with Crippen LogP contribution in [0.5, 0.6) is 0 Å². The number of aliphatic carboxylic acids is 1. The Labute approximate surface area is 338 Å². The van der Waals surface area contributed by atoms with E-state index in [0.717, 1.165) is 19.3 Å². The largest absolute Gasteiger partial charge is 0.481 e. The first-order chi connectivity index (χ1) is 26.0. The number of esters is 1. The number of nitrogens with zero attached hydrogens (tertiary/aromatic N) is 1. The van der Waals surface area contributed by atoms with Gasteiger partial charge < -0.3 is 20.3 Å². The third-order valence-electron chi connectivity index (χ3n) is 20.5. The van der Waals surface area contributed by atoms with E-state index in [4.69, 9.17) is 4.74 Å². The molecule has 1 saturated heterocycles. The molecule has 9 nitrogen and oxygen atoms in total. The van der Waals surface area contributed by atoms with Crippen LogP contribution < -0.4 is 5.32 Å². The highest BCUT2D eigenvalue weighted by atomic mass is 32.2. The first-order valence-electron chi connectivity index (χ1n) is 22.8. The van der Waals surface area contributed by atoms with Crippen LogP contribution in [-0.4, -0.2) is 90.4 Å². The molecule has 7 aliphatic carbocycles. The summed E-state index contributed by atoms with van der Waals surface area (Å²) in [4.78, 5) is 27.7. The Morgan fingerprint density at radius 2 is 1.45 bits per heavy atom. The lowest BCUT2D eigenvalue weighted by molar-refractivity contribution is -0.250. The lowest BCUT2D eigenvalue weighted by Crippen LogP contribution is -2.69. The van der Waals surface area contributed by atoms with Crippen LogP contribution in [0.15, 0.2) is 0 Å². The van der Waals surface area contributed by atoms with Crippen molar-refractivity contribution in [3.63, 3.8) is 0 Å². The number of hydrogen-bond donors (Lipinski definition) is 3. The van der Waals surface area contributed by atoms with Gasteiger partial charge in [0.1, 0.15) is 6.10 Å². The maximum absolute atomic E-state index is 13.7. The van der Waals surface area contributed by atoms with E-state index in [1.165, 1.54) is 57.8 Å². The van der Waals surface area contributed by atoms with Crippen molar-refractivity contribution < 1.29 is 33.0 Å². The van der Waals surface area contributed by atoms with E-state index in [9.17, 15) is 28.2 Å². The van der Waals surface area contributed by atoms with Gasteiger partial charge in [-0.2, -0.15) is 0 Å². The van der Waals surface area contributed by atoms with Gasteiger partial charge in [0, 0.05) is 36.6 Å². The van der Waals surface area contributed by atoms with Gasteiger partial charge in [-0.15, -0.1) is 0 Å². The van der Waals surface area contributed by atoms with Crippen molar-refractivity contribution in [2.45, 2.75) is 170 Å². The van der Waals surface area contributed by atoms with Crippen LogP contribution in [0, 0.1) is 73.9 Å². The summed E-state index contributed by atoms with van der Waals surface area (Å²) in [6.07, 6.45) is 14.1. The van der Waals surface area contributed by atoms with Crippen molar-refractivity contribution in [3.05, 3.63) is 0 Å². The highest BCUT2D eigenvalue weighted by molar-refractivity contribution is 7.91. The summed E-state index contributed by atoms with van der Waals surface area (Å²) in [6, 6.07) is -0.0903. The SMILES string of the molecule is C[C@@H](O)[C@H](CN[C@]12CC[C@@H](C3(C)CC3)[C@@H]1[C@H]1CC[C@@H]3[C@@]4(C)CC[C@H](OC(=O)[C@@H]5C[C@H](C(=O)O)C5(C)C)C(C)(C)[C@@H]4CC[C@@]3(C)[C@]1(C)CC2)N1CCS(=O)(=O)CC1. The molecular weight excluding hydrogens is 725 g/mol. The molecule has 1 heterocycles. The predicted octanol–water partition coefficient (Wildman–Crippen LogP) is 7.35. The van der Waals surface area contributed by atoms with Crippen LogP contribution >= 0.6 is 0 Å². The molecule has 0 unspecified atom stereocenters. The summed E-state index contributed by atoms with van der Waals surface area (Å²) in [6.45, 7) is 22.7. The average Bonchev–Trinajstić information content (AvgIpc) is 3.72. The van der Waals surface area contributed by atoms with Gasteiger partial charge in [0.15, 0.2) is 9.84 Å². The molecule has 0 spiro atoms. The van der Waals surface area contributed by atoms with E-state index >= 15 is 0 Å². The van der Waals surface area contributed by atoms with Gasteiger partial charge in [-0.05, 0) is 147 Å². The lowest BCUT2D eigenvalue weighted by Gasteiger charge is -2.73. The van der Waals surface area contributed by atoms with E-state index in [0.29, 0.717) is 61.1 Å². The molecule has 0 bridgehead atoms. The quantitative estimate of drug-likeness (QED) is 0.205. The van der Waals surface area contributed by atoms with Crippen LogP contribution in [0.2, 0.25) is 0 Å². The molecule has 0 aromatic heterocycles. The molecule has 318 valence electrons. The Balaban J connectivity index is 1.02. The second-order valence-electron chi connectivity index (χ2n) is 23.3. The van der Waals surface area contributed by atoms with E-state index in [1.807, 2.05) is 20.8 Å². The molecule has 3 N–H and O–H groups in total. The topological polar surface area (TPSA) is 133 Å². The normalized spacial score (nSPS) is 48.1. The van der Waals surface area contributed by atoms with Gasteiger partial charge in [0.25, 0.3) is 0 Å².